The highest BCUT2D eigenvalue weighted by molar-refractivity contribution is 9.10. The lowest BCUT2D eigenvalue weighted by Gasteiger charge is -2.12. The van der Waals surface area contributed by atoms with E-state index in [0.29, 0.717) is 5.69 Å². The maximum atomic E-state index is 12.3. The SMILES string of the molecule is C#CCNC(=O)CNC(=O)c1ccccc1OCC(=O)Nc1ccc(Br)cc1. The number of anilines is 1. The highest BCUT2D eigenvalue weighted by atomic mass is 79.9. The van der Waals surface area contributed by atoms with E-state index in [1.807, 2.05) is 0 Å². The van der Waals surface area contributed by atoms with Crippen molar-refractivity contribution in [2.24, 2.45) is 0 Å². The molecule has 2 aromatic rings. The van der Waals surface area contributed by atoms with Crippen molar-refractivity contribution in [1.29, 1.82) is 0 Å². The Balaban J connectivity index is 1.91. The summed E-state index contributed by atoms with van der Waals surface area (Å²) in [5, 5.41) is 7.61. The summed E-state index contributed by atoms with van der Waals surface area (Å²) in [5.74, 6) is 1.23. The molecule has 3 amide bonds. The minimum Gasteiger partial charge on any atom is -0.483 e. The topological polar surface area (TPSA) is 96.5 Å². The maximum absolute atomic E-state index is 12.3. The van der Waals surface area contributed by atoms with Crippen LogP contribution in [-0.2, 0) is 9.59 Å². The van der Waals surface area contributed by atoms with Gasteiger partial charge in [-0.25, -0.2) is 0 Å². The van der Waals surface area contributed by atoms with Crippen LogP contribution in [0.3, 0.4) is 0 Å². The number of carbonyl (C=O) groups is 3. The third-order valence-electron chi connectivity index (χ3n) is 3.42. The third-order valence-corrected chi connectivity index (χ3v) is 3.94. The number of hydrogen-bond donors (Lipinski definition) is 3. The van der Waals surface area contributed by atoms with Crippen molar-refractivity contribution >= 4 is 39.3 Å². The van der Waals surface area contributed by atoms with Gasteiger partial charge in [0.25, 0.3) is 11.8 Å². The highest BCUT2D eigenvalue weighted by Crippen LogP contribution is 2.18. The fourth-order valence-electron chi connectivity index (χ4n) is 2.12. The number of carbonyl (C=O) groups excluding carboxylic acids is 3. The Bertz CT molecular complexity index is 891. The summed E-state index contributed by atoms with van der Waals surface area (Å²) in [5.41, 5.74) is 0.838. The molecule has 2 rings (SSSR count). The van der Waals surface area contributed by atoms with Crippen LogP contribution in [0, 0.1) is 12.3 Å². The van der Waals surface area contributed by atoms with Crippen LogP contribution in [0.15, 0.2) is 53.0 Å². The molecule has 28 heavy (non-hydrogen) atoms. The molecule has 0 saturated carbocycles. The molecular weight excluding hydrogens is 426 g/mol. The van der Waals surface area contributed by atoms with Gasteiger partial charge in [-0.3, -0.25) is 14.4 Å². The van der Waals surface area contributed by atoms with Gasteiger partial charge in [0.15, 0.2) is 6.61 Å². The van der Waals surface area contributed by atoms with E-state index in [0.717, 1.165) is 4.47 Å². The molecule has 8 heteroatoms. The zero-order valence-corrected chi connectivity index (χ0v) is 16.4. The van der Waals surface area contributed by atoms with Crippen LogP contribution in [0.5, 0.6) is 5.75 Å². The molecule has 3 N–H and O–H groups in total. The van der Waals surface area contributed by atoms with Gasteiger partial charge in [0.1, 0.15) is 5.75 Å². The summed E-state index contributed by atoms with van der Waals surface area (Å²) in [6, 6.07) is 13.5. The van der Waals surface area contributed by atoms with E-state index in [2.05, 4.69) is 37.8 Å². The summed E-state index contributed by atoms with van der Waals surface area (Å²) in [6.45, 7) is -0.413. The Hall–Kier alpha value is -3.31. The Morgan fingerprint density at radius 2 is 1.71 bits per heavy atom. The molecule has 0 bridgehead atoms. The summed E-state index contributed by atoms with van der Waals surface area (Å²) >= 11 is 3.32. The fraction of sp³-hybridized carbons (Fsp3) is 0.150. The van der Waals surface area contributed by atoms with Crippen LogP contribution >= 0.6 is 15.9 Å². The summed E-state index contributed by atoms with van der Waals surface area (Å²) in [6.07, 6.45) is 5.05. The monoisotopic (exact) mass is 443 g/mol. The number of nitrogens with one attached hydrogen (secondary N) is 3. The summed E-state index contributed by atoms with van der Waals surface area (Å²) < 4.78 is 6.38. The lowest BCUT2D eigenvalue weighted by atomic mass is 10.2. The zero-order valence-electron chi connectivity index (χ0n) is 14.8. The number of para-hydroxylation sites is 1. The van der Waals surface area contributed by atoms with Gasteiger partial charge >= 0.3 is 0 Å². The normalized spacial score (nSPS) is 9.71. The average molecular weight is 444 g/mol. The number of ether oxygens (including phenoxy) is 1. The quantitative estimate of drug-likeness (QED) is 0.543. The van der Waals surface area contributed by atoms with Crippen LogP contribution in [0.4, 0.5) is 5.69 Å². The smallest absolute Gasteiger partial charge is 0.262 e. The molecule has 0 spiro atoms. The Morgan fingerprint density at radius 1 is 1.00 bits per heavy atom. The van der Waals surface area contributed by atoms with Crippen LogP contribution in [0.25, 0.3) is 0 Å². The number of amides is 3. The predicted octanol–water partition coefficient (Wildman–Crippen LogP) is 1.95. The number of halogens is 1. The van der Waals surface area contributed by atoms with Crippen molar-refractivity contribution in [2.75, 3.05) is 25.0 Å². The molecule has 0 unspecified atom stereocenters. The zero-order chi connectivity index (χ0) is 20.4. The van der Waals surface area contributed by atoms with Gasteiger partial charge in [-0.1, -0.05) is 34.0 Å². The molecule has 0 aromatic heterocycles. The van der Waals surface area contributed by atoms with Gasteiger partial charge < -0.3 is 20.7 Å². The third kappa shape index (κ3) is 6.78. The van der Waals surface area contributed by atoms with Gasteiger partial charge in [-0.15, -0.1) is 6.42 Å². The molecule has 0 heterocycles. The van der Waals surface area contributed by atoms with Crippen molar-refractivity contribution in [3.63, 3.8) is 0 Å². The highest BCUT2D eigenvalue weighted by Gasteiger charge is 2.14. The second-order valence-electron chi connectivity index (χ2n) is 5.50. The number of rotatable bonds is 8. The standard InChI is InChI=1S/C20H18BrN3O4/c1-2-11-22-18(25)12-23-20(27)16-5-3-4-6-17(16)28-13-19(26)24-15-9-7-14(21)8-10-15/h1,3-10H,11-13H2,(H,22,25)(H,23,27)(H,24,26). The van der Waals surface area contributed by atoms with Gasteiger partial charge in [-0.05, 0) is 36.4 Å². The molecule has 7 nitrogen and oxygen atoms in total. The first-order valence-corrected chi connectivity index (χ1v) is 9.04. The lowest BCUT2D eigenvalue weighted by Crippen LogP contribution is -2.37. The van der Waals surface area contributed by atoms with Crippen molar-refractivity contribution in [1.82, 2.24) is 10.6 Å². The predicted molar refractivity (Wildman–Crippen MR) is 109 cm³/mol. The van der Waals surface area contributed by atoms with Crippen molar-refractivity contribution in [3.05, 3.63) is 58.6 Å². The van der Waals surface area contributed by atoms with E-state index < -0.39 is 11.8 Å². The number of benzene rings is 2. The second-order valence-corrected chi connectivity index (χ2v) is 6.42. The first-order chi connectivity index (χ1) is 13.5. The number of hydrogen-bond acceptors (Lipinski definition) is 4. The van der Waals surface area contributed by atoms with Crippen molar-refractivity contribution in [2.45, 2.75) is 0 Å². The lowest BCUT2D eigenvalue weighted by molar-refractivity contribution is -0.120. The van der Waals surface area contributed by atoms with Crippen LogP contribution < -0.4 is 20.7 Å². The molecule has 144 valence electrons. The Kier molecular flexibility index (Phi) is 8.06. The molecule has 0 aliphatic heterocycles. The fourth-order valence-corrected chi connectivity index (χ4v) is 2.39. The van der Waals surface area contributed by atoms with E-state index in [4.69, 9.17) is 11.2 Å². The summed E-state index contributed by atoms with van der Waals surface area (Å²) in [4.78, 5) is 35.9. The largest absolute Gasteiger partial charge is 0.483 e. The molecule has 2 aromatic carbocycles. The van der Waals surface area contributed by atoms with Gasteiger partial charge in [0, 0.05) is 10.2 Å². The van der Waals surface area contributed by atoms with Crippen LogP contribution in [0.1, 0.15) is 10.4 Å². The molecule has 0 fully saturated rings. The molecule has 0 atom stereocenters. The Morgan fingerprint density at radius 3 is 2.43 bits per heavy atom. The molecule has 0 saturated heterocycles. The van der Waals surface area contributed by atoms with Gasteiger partial charge in [0.05, 0.1) is 18.7 Å². The first kappa shape index (κ1) is 21.0. The minimum absolute atomic E-state index is 0.0852. The molecule has 0 aliphatic rings. The van der Waals surface area contributed by atoms with E-state index in [-0.39, 0.29) is 36.9 Å². The Labute approximate surface area is 171 Å². The van der Waals surface area contributed by atoms with Crippen molar-refractivity contribution in [3.8, 4) is 18.1 Å². The van der Waals surface area contributed by atoms with Gasteiger partial charge in [0.2, 0.25) is 5.91 Å². The van der Waals surface area contributed by atoms with Crippen LogP contribution in [0.2, 0.25) is 0 Å². The molecule has 0 aliphatic carbocycles. The molecular formula is C20H18BrN3O4. The van der Waals surface area contributed by atoms with E-state index in [1.54, 1.807) is 42.5 Å². The average Bonchev–Trinajstić information content (AvgIpc) is 2.70. The minimum atomic E-state index is -0.500. The summed E-state index contributed by atoms with van der Waals surface area (Å²) in [7, 11) is 0. The van der Waals surface area contributed by atoms with E-state index >= 15 is 0 Å². The first-order valence-electron chi connectivity index (χ1n) is 8.25. The molecule has 0 radical (unpaired) electrons. The van der Waals surface area contributed by atoms with Crippen molar-refractivity contribution < 1.29 is 19.1 Å². The van der Waals surface area contributed by atoms with Gasteiger partial charge in [-0.2, -0.15) is 0 Å². The number of terminal acetylenes is 1. The van der Waals surface area contributed by atoms with Crippen LogP contribution in [-0.4, -0.2) is 37.4 Å². The van der Waals surface area contributed by atoms with E-state index in [9.17, 15) is 14.4 Å². The van der Waals surface area contributed by atoms with E-state index in [1.165, 1.54) is 6.07 Å². The second kappa shape index (κ2) is 10.7. The maximum Gasteiger partial charge on any atom is 0.262 e.